The van der Waals surface area contributed by atoms with Gasteiger partial charge in [0.25, 0.3) is 0 Å². The molecule has 0 bridgehead atoms. The molecule has 1 saturated carbocycles. The third-order valence-corrected chi connectivity index (χ3v) is 6.48. The number of hydrogen-bond acceptors (Lipinski definition) is 5. The lowest BCUT2D eigenvalue weighted by Gasteiger charge is -2.20. The Balaban J connectivity index is 1.49. The van der Waals surface area contributed by atoms with E-state index >= 15 is 0 Å². The van der Waals surface area contributed by atoms with Gasteiger partial charge in [-0.25, -0.2) is 0 Å². The van der Waals surface area contributed by atoms with Crippen molar-refractivity contribution in [1.82, 2.24) is 0 Å². The number of hydrogen-bond donors (Lipinski definition) is 0. The standard InChI is InChI=1S/C35H42O5/c1-34(2,3)39-32(36)17-14-24-10-9-12-27(18-24)30-20-25(19-29(21-30)26-15-16-26)23-38-31-13-8-7-11-28(31)22-33(37)40-35(4,5)6/h7-13,18-21,26H,14-17,22-23H2,1-6H3. The Labute approximate surface area is 238 Å². The van der Waals surface area contributed by atoms with Gasteiger partial charge >= 0.3 is 11.9 Å². The summed E-state index contributed by atoms with van der Waals surface area (Å²) in [7, 11) is 0. The van der Waals surface area contributed by atoms with E-state index < -0.39 is 11.2 Å². The van der Waals surface area contributed by atoms with E-state index in [1.54, 1.807) is 0 Å². The molecule has 212 valence electrons. The summed E-state index contributed by atoms with van der Waals surface area (Å²) in [6.07, 6.45) is 3.56. The average molecular weight is 543 g/mol. The molecule has 0 unspecified atom stereocenters. The fourth-order valence-electron chi connectivity index (χ4n) is 4.65. The SMILES string of the molecule is CC(C)(C)OC(=O)CCc1cccc(-c2cc(COc3ccccc3CC(=O)OC(C)(C)C)cc(C3CC3)c2)c1. The zero-order valence-electron chi connectivity index (χ0n) is 24.7. The number of aryl methyl sites for hydroxylation is 1. The van der Waals surface area contributed by atoms with Crippen LogP contribution in [0.15, 0.2) is 66.7 Å². The Morgan fingerprint density at radius 3 is 2.12 bits per heavy atom. The van der Waals surface area contributed by atoms with Crippen molar-refractivity contribution in [2.45, 2.75) is 97.4 Å². The van der Waals surface area contributed by atoms with E-state index in [0.29, 0.717) is 31.1 Å². The molecule has 5 nitrogen and oxygen atoms in total. The molecule has 0 N–H and O–H groups in total. The maximum Gasteiger partial charge on any atom is 0.310 e. The second kappa shape index (κ2) is 12.3. The molecule has 4 rings (SSSR count). The lowest BCUT2D eigenvalue weighted by molar-refractivity contribution is -0.155. The summed E-state index contributed by atoms with van der Waals surface area (Å²) in [6.45, 7) is 11.7. The van der Waals surface area contributed by atoms with Crippen LogP contribution in [0.1, 0.15) is 89.0 Å². The van der Waals surface area contributed by atoms with E-state index in [0.717, 1.165) is 27.8 Å². The van der Waals surface area contributed by atoms with Gasteiger partial charge in [0.05, 0.1) is 6.42 Å². The zero-order chi connectivity index (χ0) is 28.9. The molecule has 0 spiro atoms. The topological polar surface area (TPSA) is 61.8 Å². The minimum atomic E-state index is -0.528. The number of benzene rings is 3. The van der Waals surface area contributed by atoms with E-state index in [2.05, 4.69) is 36.4 Å². The van der Waals surface area contributed by atoms with Gasteiger partial charge in [-0.2, -0.15) is 0 Å². The molecule has 0 saturated heterocycles. The normalized spacial score (nSPS) is 13.6. The lowest BCUT2D eigenvalue weighted by atomic mass is 9.96. The fourth-order valence-corrected chi connectivity index (χ4v) is 4.65. The molecule has 1 fully saturated rings. The van der Waals surface area contributed by atoms with Crippen LogP contribution in [0.4, 0.5) is 0 Å². The van der Waals surface area contributed by atoms with Gasteiger partial charge in [0.2, 0.25) is 0 Å². The predicted molar refractivity (Wildman–Crippen MR) is 158 cm³/mol. The van der Waals surface area contributed by atoms with Crippen molar-refractivity contribution in [2.75, 3.05) is 0 Å². The van der Waals surface area contributed by atoms with Gasteiger partial charge in [0, 0.05) is 12.0 Å². The molecule has 3 aromatic carbocycles. The molecular weight excluding hydrogens is 500 g/mol. The quantitative estimate of drug-likeness (QED) is 0.243. The van der Waals surface area contributed by atoms with E-state index in [4.69, 9.17) is 14.2 Å². The molecule has 0 amide bonds. The van der Waals surface area contributed by atoms with Crippen LogP contribution >= 0.6 is 0 Å². The van der Waals surface area contributed by atoms with E-state index in [1.165, 1.54) is 18.4 Å². The molecule has 0 atom stereocenters. The Morgan fingerprint density at radius 2 is 1.43 bits per heavy atom. The van der Waals surface area contributed by atoms with Crippen LogP contribution in [0.3, 0.4) is 0 Å². The minimum absolute atomic E-state index is 0.164. The van der Waals surface area contributed by atoms with Crippen LogP contribution < -0.4 is 4.74 Å². The number of ether oxygens (including phenoxy) is 3. The number of rotatable bonds is 10. The van der Waals surface area contributed by atoms with Gasteiger partial charge < -0.3 is 14.2 Å². The maximum atomic E-state index is 12.5. The number of carbonyl (C=O) groups excluding carboxylic acids is 2. The van der Waals surface area contributed by atoms with E-state index in [-0.39, 0.29) is 18.4 Å². The van der Waals surface area contributed by atoms with Gasteiger partial charge in [-0.3, -0.25) is 9.59 Å². The first-order valence-electron chi connectivity index (χ1n) is 14.2. The third kappa shape index (κ3) is 9.25. The van der Waals surface area contributed by atoms with Crippen molar-refractivity contribution in [1.29, 1.82) is 0 Å². The van der Waals surface area contributed by atoms with Crippen LogP contribution in [0.5, 0.6) is 5.75 Å². The summed E-state index contributed by atoms with van der Waals surface area (Å²) in [6, 6.07) is 22.7. The van der Waals surface area contributed by atoms with Gasteiger partial charge in [-0.05, 0) is 107 Å². The molecule has 0 aromatic heterocycles. The Morgan fingerprint density at radius 1 is 0.750 bits per heavy atom. The molecule has 1 aliphatic rings. The van der Waals surface area contributed by atoms with Crippen LogP contribution in [0.25, 0.3) is 11.1 Å². The molecule has 0 heterocycles. The van der Waals surface area contributed by atoms with Crippen molar-refractivity contribution in [3.05, 3.63) is 89.0 Å². The zero-order valence-corrected chi connectivity index (χ0v) is 24.7. The van der Waals surface area contributed by atoms with Crippen molar-refractivity contribution in [3.63, 3.8) is 0 Å². The highest BCUT2D eigenvalue weighted by molar-refractivity contribution is 5.74. The summed E-state index contributed by atoms with van der Waals surface area (Å²) in [4.78, 5) is 24.7. The molecule has 1 aliphatic carbocycles. The first-order chi connectivity index (χ1) is 18.8. The van der Waals surface area contributed by atoms with Crippen molar-refractivity contribution < 1.29 is 23.8 Å². The number of carbonyl (C=O) groups is 2. The van der Waals surface area contributed by atoms with Gasteiger partial charge in [-0.1, -0.05) is 54.6 Å². The van der Waals surface area contributed by atoms with Crippen LogP contribution in [-0.2, 0) is 38.5 Å². The fraction of sp³-hybridized carbons (Fsp3) is 0.429. The van der Waals surface area contributed by atoms with E-state index in [1.807, 2.05) is 71.9 Å². The highest BCUT2D eigenvalue weighted by Crippen LogP contribution is 2.42. The molecular formula is C35H42O5. The lowest BCUT2D eigenvalue weighted by Crippen LogP contribution is -2.25. The molecule has 40 heavy (non-hydrogen) atoms. The summed E-state index contributed by atoms with van der Waals surface area (Å²) >= 11 is 0. The summed E-state index contributed by atoms with van der Waals surface area (Å²) in [5.41, 5.74) is 5.60. The molecule has 3 aromatic rings. The number of esters is 2. The Kier molecular flexibility index (Phi) is 9.02. The summed E-state index contributed by atoms with van der Waals surface area (Å²) in [5.74, 6) is 0.831. The van der Waals surface area contributed by atoms with Gasteiger partial charge in [0.15, 0.2) is 0 Å². The largest absolute Gasteiger partial charge is 0.489 e. The van der Waals surface area contributed by atoms with Gasteiger partial charge in [-0.15, -0.1) is 0 Å². The smallest absolute Gasteiger partial charge is 0.310 e. The molecule has 0 radical (unpaired) electrons. The van der Waals surface area contributed by atoms with Crippen molar-refractivity contribution >= 4 is 11.9 Å². The summed E-state index contributed by atoms with van der Waals surface area (Å²) in [5, 5.41) is 0. The van der Waals surface area contributed by atoms with Crippen LogP contribution in [0, 0.1) is 0 Å². The molecule has 0 aliphatic heterocycles. The second-order valence-electron chi connectivity index (χ2n) is 12.7. The Bertz CT molecular complexity index is 1340. The van der Waals surface area contributed by atoms with Crippen molar-refractivity contribution in [2.24, 2.45) is 0 Å². The van der Waals surface area contributed by atoms with Crippen LogP contribution in [0.2, 0.25) is 0 Å². The van der Waals surface area contributed by atoms with Crippen LogP contribution in [-0.4, -0.2) is 23.1 Å². The van der Waals surface area contributed by atoms with Gasteiger partial charge in [0.1, 0.15) is 23.6 Å². The highest BCUT2D eigenvalue weighted by Gasteiger charge is 2.25. The summed E-state index contributed by atoms with van der Waals surface area (Å²) < 4.78 is 17.3. The first-order valence-corrected chi connectivity index (χ1v) is 14.2. The third-order valence-electron chi connectivity index (χ3n) is 6.48. The Hall–Kier alpha value is -3.60. The first kappa shape index (κ1) is 29.4. The molecule has 5 heteroatoms. The highest BCUT2D eigenvalue weighted by atomic mass is 16.6. The van der Waals surface area contributed by atoms with E-state index in [9.17, 15) is 9.59 Å². The second-order valence-corrected chi connectivity index (χ2v) is 12.7. The number of para-hydroxylation sites is 1. The maximum absolute atomic E-state index is 12.5. The monoisotopic (exact) mass is 542 g/mol. The predicted octanol–water partition coefficient (Wildman–Crippen LogP) is 7.97. The average Bonchev–Trinajstić information content (AvgIpc) is 3.71. The van der Waals surface area contributed by atoms with Crippen molar-refractivity contribution in [3.8, 4) is 16.9 Å². The minimum Gasteiger partial charge on any atom is -0.489 e.